The SMILES string of the molecule is CC1(C(=O)OCC(=O)Nc2sc3c(c2C#N)CCCCC3)CC1(Cl)Cl. The van der Waals surface area contributed by atoms with E-state index < -0.39 is 28.2 Å². The van der Waals surface area contributed by atoms with E-state index in [4.69, 9.17) is 27.9 Å². The van der Waals surface area contributed by atoms with Crippen LogP contribution in [0.25, 0.3) is 0 Å². The largest absolute Gasteiger partial charge is 0.455 e. The van der Waals surface area contributed by atoms with Gasteiger partial charge < -0.3 is 10.1 Å². The van der Waals surface area contributed by atoms with Gasteiger partial charge in [-0.25, -0.2) is 0 Å². The molecule has 5 nitrogen and oxygen atoms in total. The van der Waals surface area contributed by atoms with Crippen LogP contribution in [0.3, 0.4) is 0 Å². The van der Waals surface area contributed by atoms with E-state index in [1.54, 1.807) is 6.92 Å². The van der Waals surface area contributed by atoms with Gasteiger partial charge in [0.2, 0.25) is 0 Å². The maximum Gasteiger partial charge on any atom is 0.315 e. The molecule has 0 aromatic carbocycles. The summed E-state index contributed by atoms with van der Waals surface area (Å²) in [5.74, 6) is -1.06. The summed E-state index contributed by atoms with van der Waals surface area (Å²) >= 11 is 13.3. The first-order valence-corrected chi connectivity index (χ1v) is 9.75. The highest BCUT2D eigenvalue weighted by molar-refractivity contribution is 7.16. The second-order valence-corrected chi connectivity index (χ2v) is 9.31. The summed E-state index contributed by atoms with van der Waals surface area (Å²) in [6.45, 7) is 1.18. The van der Waals surface area contributed by atoms with Crippen LogP contribution in [0.1, 0.15) is 48.6 Å². The molecular weight excluding hydrogens is 383 g/mol. The van der Waals surface area contributed by atoms with Crippen molar-refractivity contribution in [1.82, 2.24) is 0 Å². The van der Waals surface area contributed by atoms with Crippen LogP contribution in [-0.2, 0) is 27.2 Å². The molecule has 0 aliphatic heterocycles. The van der Waals surface area contributed by atoms with E-state index in [2.05, 4.69) is 11.4 Å². The van der Waals surface area contributed by atoms with Crippen molar-refractivity contribution >= 4 is 51.4 Å². The number of anilines is 1. The summed E-state index contributed by atoms with van der Waals surface area (Å²) in [4.78, 5) is 25.3. The van der Waals surface area contributed by atoms with Crippen molar-refractivity contribution in [2.24, 2.45) is 5.41 Å². The predicted octanol–water partition coefficient (Wildman–Crippen LogP) is 3.95. The number of amides is 1. The zero-order valence-electron chi connectivity index (χ0n) is 13.8. The number of fused-ring (bicyclic) bond motifs is 1. The van der Waals surface area contributed by atoms with Crippen LogP contribution in [0.4, 0.5) is 5.00 Å². The first-order valence-electron chi connectivity index (χ1n) is 8.18. The van der Waals surface area contributed by atoms with Crippen LogP contribution in [0.5, 0.6) is 0 Å². The van der Waals surface area contributed by atoms with E-state index in [1.165, 1.54) is 16.2 Å². The van der Waals surface area contributed by atoms with Crippen molar-refractivity contribution in [3.05, 3.63) is 16.0 Å². The van der Waals surface area contributed by atoms with Crippen molar-refractivity contribution in [3.8, 4) is 6.07 Å². The molecule has 1 heterocycles. The van der Waals surface area contributed by atoms with Gasteiger partial charge in [-0.15, -0.1) is 34.5 Å². The Kier molecular flexibility index (Phi) is 5.02. The fourth-order valence-electron chi connectivity index (χ4n) is 3.02. The van der Waals surface area contributed by atoms with Gasteiger partial charge in [-0.3, -0.25) is 9.59 Å². The molecular formula is C17H18Cl2N2O3S. The first kappa shape index (κ1) is 18.5. The van der Waals surface area contributed by atoms with E-state index in [9.17, 15) is 14.9 Å². The molecule has 1 atom stereocenters. The summed E-state index contributed by atoms with van der Waals surface area (Å²) in [5, 5.41) is 12.7. The number of nitriles is 1. The zero-order valence-corrected chi connectivity index (χ0v) is 16.1. The summed E-state index contributed by atoms with van der Waals surface area (Å²) in [7, 11) is 0. The highest BCUT2D eigenvalue weighted by Gasteiger charge is 2.69. The second kappa shape index (κ2) is 6.79. The minimum Gasteiger partial charge on any atom is -0.455 e. The van der Waals surface area contributed by atoms with Crippen LogP contribution >= 0.6 is 34.5 Å². The Morgan fingerprint density at radius 1 is 1.32 bits per heavy atom. The molecule has 1 aromatic rings. The van der Waals surface area contributed by atoms with Crippen molar-refractivity contribution in [3.63, 3.8) is 0 Å². The molecule has 0 saturated heterocycles. The normalized spacial score (nSPS) is 23.8. The van der Waals surface area contributed by atoms with Gasteiger partial charge in [0.1, 0.15) is 20.8 Å². The number of nitrogens with zero attached hydrogens (tertiary/aromatic N) is 1. The Morgan fingerprint density at radius 2 is 2.00 bits per heavy atom. The Balaban J connectivity index is 1.62. The van der Waals surface area contributed by atoms with Gasteiger partial charge in [0.05, 0.1) is 5.56 Å². The number of halogens is 2. The fourth-order valence-corrected chi connectivity index (χ4v) is 4.97. The molecule has 1 N–H and O–H groups in total. The number of esters is 1. The molecule has 1 amide bonds. The summed E-state index contributed by atoms with van der Waals surface area (Å²) in [6, 6.07) is 2.20. The Labute approximate surface area is 160 Å². The van der Waals surface area contributed by atoms with Crippen LogP contribution < -0.4 is 5.32 Å². The highest BCUT2D eigenvalue weighted by atomic mass is 35.5. The topological polar surface area (TPSA) is 79.2 Å². The Bertz CT molecular complexity index is 769. The molecule has 1 saturated carbocycles. The molecule has 3 rings (SSSR count). The number of aryl methyl sites for hydroxylation is 1. The number of rotatable bonds is 4. The van der Waals surface area contributed by atoms with Crippen molar-refractivity contribution < 1.29 is 14.3 Å². The standard InChI is InChI=1S/C17H18Cl2N2O3S/c1-16(9-17(16,18)19)15(23)24-8-13(22)21-14-11(7-20)10-5-3-2-4-6-12(10)25-14/h2-6,8-9H2,1H3,(H,21,22). The molecule has 134 valence electrons. The first-order chi connectivity index (χ1) is 11.8. The lowest BCUT2D eigenvalue weighted by Gasteiger charge is -2.11. The molecule has 0 spiro atoms. The van der Waals surface area contributed by atoms with E-state index in [0.29, 0.717) is 17.0 Å². The summed E-state index contributed by atoms with van der Waals surface area (Å²) in [6.07, 6.45) is 5.42. The number of ether oxygens (including phenoxy) is 1. The smallest absolute Gasteiger partial charge is 0.315 e. The number of hydrogen-bond donors (Lipinski definition) is 1. The van der Waals surface area contributed by atoms with Gasteiger partial charge in [0, 0.05) is 11.3 Å². The highest BCUT2D eigenvalue weighted by Crippen LogP contribution is 2.64. The van der Waals surface area contributed by atoms with Gasteiger partial charge in [-0.1, -0.05) is 6.42 Å². The minimum absolute atomic E-state index is 0.305. The molecule has 8 heteroatoms. The van der Waals surface area contributed by atoms with E-state index >= 15 is 0 Å². The van der Waals surface area contributed by atoms with Crippen LogP contribution in [-0.4, -0.2) is 22.8 Å². The number of thiophene rings is 1. The third kappa shape index (κ3) is 3.51. The number of nitrogens with one attached hydrogen (secondary N) is 1. The van der Waals surface area contributed by atoms with Gasteiger partial charge >= 0.3 is 5.97 Å². The quantitative estimate of drug-likeness (QED) is 0.471. The molecule has 1 fully saturated rings. The second-order valence-electron chi connectivity index (χ2n) is 6.72. The van der Waals surface area contributed by atoms with Crippen LogP contribution in [0.15, 0.2) is 0 Å². The predicted molar refractivity (Wildman–Crippen MR) is 97.0 cm³/mol. The maximum atomic E-state index is 12.1. The summed E-state index contributed by atoms with van der Waals surface area (Å²) in [5.41, 5.74) is 0.627. The van der Waals surface area contributed by atoms with E-state index in [1.807, 2.05) is 0 Å². The fraction of sp³-hybridized carbons (Fsp3) is 0.588. The Hall–Kier alpha value is -1.29. The Morgan fingerprint density at radius 3 is 2.64 bits per heavy atom. The average molecular weight is 401 g/mol. The average Bonchev–Trinajstić information content (AvgIpc) is 3.04. The molecule has 2 aliphatic carbocycles. The maximum absolute atomic E-state index is 12.1. The van der Waals surface area contributed by atoms with Crippen LogP contribution in [0, 0.1) is 16.7 Å². The van der Waals surface area contributed by atoms with Crippen LogP contribution in [0.2, 0.25) is 0 Å². The lowest BCUT2D eigenvalue weighted by Crippen LogP contribution is -2.26. The lowest BCUT2D eigenvalue weighted by atomic mass is 10.1. The molecule has 0 radical (unpaired) electrons. The van der Waals surface area contributed by atoms with E-state index in [-0.39, 0.29) is 0 Å². The minimum atomic E-state index is -1.13. The lowest BCUT2D eigenvalue weighted by molar-refractivity contribution is -0.152. The summed E-state index contributed by atoms with van der Waals surface area (Å²) < 4.78 is 3.91. The number of alkyl halides is 2. The van der Waals surface area contributed by atoms with Crippen molar-refractivity contribution in [2.45, 2.75) is 49.8 Å². The van der Waals surface area contributed by atoms with Gasteiger partial charge in [0.25, 0.3) is 5.91 Å². The van der Waals surface area contributed by atoms with Gasteiger partial charge in [-0.2, -0.15) is 5.26 Å². The monoisotopic (exact) mass is 400 g/mol. The third-order valence-corrected chi connectivity index (χ3v) is 7.14. The molecule has 0 bridgehead atoms. The van der Waals surface area contributed by atoms with Crippen molar-refractivity contribution in [1.29, 1.82) is 5.26 Å². The van der Waals surface area contributed by atoms with E-state index in [0.717, 1.165) is 37.7 Å². The number of carbonyl (C=O) groups excluding carboxylic acids is 2. The third-order valence-electron chi connectivity index (χ3n) is 4.83. The number of carbonyl (C=O) groups is 2. The zero-order chi connectivity index (χ0) is 18.2. The van der Waals surface area contributed by atoms with Crippen molar-refractivity contribution in [2.75, 3.05) is 11.9 Å². The molecule has 2 aliphatic rings. The molecule has 1 unspecified atom stereocenters. The number of hydrogen-bond acceptors (Lipinski definition) is 5. The van der Waals surface area contributed by atoms with Gasteiger partial charge in [0.15, 0.2) is 6.61 Å². The van der Waals surface area contributed by atoms with Gasteiger partial charge in [-0.05, 0) is 38.2 Å². The molecule has 1 aromatic heterocycles. The molecule has 25 heavy (non-hydrogen) atoms.